The number of nitrogens with one attached hydrogen (secondary N) is 1. The highest BCUT2D eigenvalue weighted by Crippen LogP contribution is 1.82. The van der Waals surface area contributed by atoms with Gasteiger partial charge in [-0.05, 0) is 6.92 Å². The summed E-state index contributed by atoms with van der Waals surface area (Å²) in [6.45, 7) is 2.70. The number of aliphatic hydroxyl groups is 2. The van der Waals surface area contributed by atoms with Gasteiger partial charge in [0.05, 0.1) is 19.3 Å². The molecule has 5 nitrogen and oxygen atoms in total. The van der Waals surface area contributed by atoms with Crippen LogP contribution in [0.2, 0.25) is 0 Å². The molecular weight excluding hydrogens is 172 g/mol. The van der Waals surface area contributed by atoms with Gasteiger partial charge in [-0.25, -0.2) is 0 Å². The monoisotopic (exact) mass is 190 g/mol. The molecule has 13 heavy (non-hydrogen) atoms. The molecule has 0 saturated carbocycles. The number of amides is 1. The number of carbonyl (C=O) groups is 1. The van der Waals surface area contributed by atoms with Crippen LogP contribution >= 0.6 is 0 Å². The lowest BCUT2D eigenvalue weighted by atomic mass is 10.4. The van der Waals surface area contributed by atoms with Crippen LogP contribution in [0.3, 0.4) is 0 Å². The third-order valence-electron chi connectivity index (χ3n) is 1.77. The Balaban J connectivity index is 3.47. The zero-order valence-corrected chi connectivity index (χ0v) is 8.16. The second-order valence-electron chi connectivity index (χ2n) is 2.88. The molecule has 5 heteroatoms. The van der Waals surface area contributed by atoms with E-state index >= 15 is 0 Å². The Bertz CT molecular complexity index is 152. The topological polar surface area (TPSA) is 72.8 Å². The van der Waals surface area contributed by atoms with E-state index in [0.29, 0.717) is 6.54 Å². The first kappa shape index (κ1) is 12.3. The van der Waals surface area contributed by atoms with Crippen molar-refractivity contribution in [3.63, 3.8) is 0 Å². The molecule has 0 aromatic heterocycles. The van der Waals surface area contributed by atoms with E-state index in [2.05, 4.69) is 5.32 Å². The maximum atomic E-state index is 11.2. The van der Waals surface area contributed by atoms with Crippen molar-refractivity contribution >= 4 is 5.91 Å². The van der Waals surface area contributed by atoms with Gasteiger partial charge in [0, 0.05) is 20.1 Å². The van der Waals surface area contributed by atoms with Gasteiger partial charge in [-0.2, -0.15) is 0 Å². The van der Waals surface area contributed by atoms with Crippen LogP contribution in [0.5, 0.6) is 0 Å². The number of carbonyl (C=O) groups excluding carboxylic acids is 1. The van der Waals surface area contributed by atoms with Crippen molar-refractivity contribution in [3.8, 4) is 0 Å². The maximum absolute atomic E-state index is 11.2. The van der Waals surface area contributed by atoms with E-state index in [1.165, 1.54) is 0 Å². The van der Waals surface area contributed by atoms with E-state index in [1.54, 1.807) is 11.9 Å². The van der Waals surface area contributed by atoms with Gasteiger partial charge in [0.25, 0.3) is 0 Å². The maximum Gasteiger partial charge on any atom is 0.236 e. The van der Waals surface area contributed by atoms with E-state index in [9.17, 15) is 4.79 Å². The Morgan fingerprint density at radius 1 is 1.62 bits per heavy atom. The third-order valence-corrected chi connectivity index (χ3v) is 1.77. The highest BCUT2D eigenvalue weighted by atomic mass is 16.3. The molecule has 3 N–H and O–H groups in total. The number of hydrogen-bond acceptors (Lipinski definition) is 4. The van der Waals surface area contributed by atoms with Gasteiger partial charge in [-0.15, -0.1) is 0 Å². The Morgan fingerprint density at radius 2 is 2.23 bits per heavy atom. The SMILES string of the molecule is CCN(C)C(=O)CNCC(O)CO. The molecule has 0 bridgehead atoms. The second kappa shape index (κ2) is 6.82. The Kier molecular flexibility index (Phi) is 6.48. The molecule has 0 fully saturated rings. The number of nitrogens with zero attached hydrogens (tertiary/aromatic N) is 1. The van der Waals surface area contributed by atoms with Crippen LogP contribution in [0.15, 0.2) is 0 Å². The molecule has 0 rings (SSSR count). The molecule has 0 aromatic carbocycles. The minimum absolute atomic E-state index is 0.0207. The predicted octanol–water partition coefficient (Wildman–Crippen LogP) is -1.59. The molecule has 0 saturated heterocycles. The molecule has 78 valence electrons. The second-order valence-corrected chi connectivity index (χ2v) is 2.88. The van der Waals surface area contributed by atoms with Gasteiger partial charge in [0.2, 0.25) is 5.91 Å². The first-order chi connectivity index (χ1) is 6.11. The zero-order chi connectivity index (χ0) is 10.3. The Hall–Kier alpha value is -0.650. The van der Waals surface area contributed by atoms with Crippen molar-refractivity contribution in [1.82, 2.24) is 10.2 Å². The molecular formula is C8H18N2O3. The van der Waals surface area contributed by atoms with E-state index in [4.69, 9.17) is 10.2 Å². The average molecular weight is 190 g/mol. The Morgan fingerprint density at radius 3 is 2.69 bits per heavy atom. The van der Waals surface area contributed by atoms with Gasteiger partial charge in [0.15, 0.2) is 0 Å². The molecule has 0 spiro atoms. The van der Waals surface area contributed by atoms with Crippen molar-refractivity contribution < 1.29 is 15.0 Å². The summed E-state index contributed by atoms with van der Waals surface area (Å²) in [5, 5.41) is 20.1. The molecule has 0 aliphatic rings. The number of hydrogen-bond donors (Lipinski definition) is 3. The number of rotatable bonds is 6. The highest BCUT2D eigenvalue weighted by molar-refractivity contribution is 5.77. The predicted molar refractivity (Wildman–Crippen MR) is 49.3 cm³/mol. The lowest BCUT2D eigenvalue weighted by molar-refractivity contribution is -0.128. The van der Waals surface area contributed by atoms with Crippen LogP contribution in [0.1, 0.15) is 6.92 Å². The molecule has 0 aromatic rings. The minimum Gasteiger partial charge on any atom is -0.394 e. The summed E-state index contributed by atoms with van der Waals surface area (Å²) in [6.07, 6.45) is -0.792. The summed E-state index contributed by atoms with van der Waals surface area (Å²) in [4.78, 5) is 12.7. The third kappa shape index (κ3) is 5.57. The fraction of sp³-hybridized carbons (Fsp3) is 0.875. The summed E-state index contributed by atoms with van der Waals surface area (Å²) in [5.41, 5.74) is 0. The van der Waals surface area contributed by atoms with Crippen LogP contribution < -0.4 is 5.32 Å². The zero-order valence-electron chi connectivity index (χ0n) is 8.16. The largest absolute Gasteiger partial charge is 0.394 e. The lowest BCUT2D eigenvalue weighted by Crippen LogP contribution is -2.39. The van der Waals surface area contributed by atoms with E-state index in [-0.39, 0.29) is 25.6 Å². The number of likely N-dealkylation sites (N-methyl/N-ethyl adjacent to an activating group) is 1. The first-order valence-electron chi connectivity index (χ1n) is 4.35. The van der Waals surface area contributed by atoms with Crippen molar-refractivity contribution in [2.75, 3.05) is 33.3 Å². The van der Waals surface area contributed by atoms with Crippen LogP contribution in [0.4, 0.5) is 0 Å². The standard InChI is InChI=1S/C8H18N2O3/c1-3-10(2)8(13)5-9-4-7(12)6-11/h7,9,11-12H,3-6H2,1-2H3. The molecule has 0 radical (unpaired) electrons. The molecule has 1 amide bonds. The number of aliphatic hydroxyl groups excluding tert-OH is 2. The van der Waals surface area contributed by atoms with Gasteiger partial charge in [-0.3, -0.25) is 4.79 Å². The normalized spacial score (nSPS) is 12.6. The smallest absolute Gasteiger partial charge is 0.236 e. The van der Waals surface area contributed by atoms with E-state index < -0.39 is 6.10 Å². The van der Waals surface area contributed by atoms with Crippen LogP contribution in [0.25, 0.3) is 0 Å². The minimum atomic E-state index is -0.792. The van der Waals surface area contributed by atoms with Crippen LogP contribution in [0, 0.1) is 0 Å². The lowest BCUT2D eigenvalue weighted by Gasteiger charge is -2.15. The van der Waals surface area contributed by atoms with Gasteiger partial charge in [0.1, 0.15) is 0 Å². The molecule has 1 atom stereocenters. The fourth-order valence-electron chi connectivity index (χ4n) is 0.722. The van der Waals surface area contributed by atoms with Crippen molar-refractivity contribution in [3.05, 3.63) is 0 Å². The van der Waals surface area contributed by atoms with Crippen molar-refractivity contribution in [2.24, 2.45) is 0 Å². The van der Waals surface area contributed by atoms with Crippen LogP contribution in [-0.4, -0.2) is 60.4 Å². The average Bonchev–Trinajstić information content (AvgIpc) is 2.15. The van der Waals surface area contributed by atoms with E-state index in [1.807, 2.05) is 6.92 Å². The summed E-state index contributed by atoms with van der Waals surface area (Å²) < 4.78 is 0. The molecule has 0 aliphatic heterocycles. The summed E-state index contributed by atoms with van der Waals surface area (Å²) >= 11 is 0. The fourth-order valence-corrected chi connectivity index (χ4v) is 0.722. The van der Waals surface area contributed by atoms with Crippen molar-refractivity contribution in [1.29, 1.82) is 0 Å². The highest BCUT2D eigenvalue weighted by Gasteiger charge is 2.06. The summed E-state index contributed by atoms with van der Waals surface area (Å²) in [6, 6.07) is 0. The molecule has 0 aliphatic carbocycles. The van der Waals surface area contributed by atoms with Crippen LogP contribution in [-0.2, 0) is 4.79 Å². The summed E-state index contributed by atoms with van der Waals surface area (Å²) in [7, 11) is 1.71. The van der Waals surface area contributed by atoms with Crippen molar-refractivity contribution in [2.45, 2.75) is 13.0 Å². The first-order valence-corrected chi connectivity index (χ1v) is 4.35. The van der Waals surface area contributed by atoms with E-state index in [0.717, 1.165) is 0 Å². The van der Waals surface area contributed by atoms with Gasteiger partial charge in [-0.1, -0.05) is 0 Å². The molecule has 0 heterocycles. The summed E-state index contributed by atoms with van der Waals surface area (Å²) in [5.74, 6) is -0.0207. The Labute approximate surface area is 78.4 Å². The van der Waals surface area contributed by atoms with Gasteiger partial charge < -0.3 is 20.4 Å². The van der Waals surface area contributed by atoms with Gasteiger partial charge >= 0.3 is 0 Å². The quantitative estimate of drug-likeness (QED) is 0.472. The molecule has 1 unspecified atom stereocenters.